The molecule has 0 aliphatic carbocycles. The fourth-order valence-corrected chi connectivity index (χ4v) is 1.70. The highest BCUT2D eigenvalue weighted by Gasteiger charge is 2.06. The first-order valence-electron chi connectivity index (χ1n) is 5.29. The average molecular weight is 227 g/mol. The van der Waals surface area contributed by atoms with E-state index in [0.29, 0.717) is 12.1 Å². The van der Waals surface area contributed by atoms with E-state index in [-0.39, 0.29) is 0 Å². The van der Waals surface area contributed by atoms with Crippen LogP contribution in [0.15, 0.2) is 30.6 Å². The Morgan fingerprint density at radius 1 is 1.47 bits per heavy atom. The summed E-state index contributed by atoms with van der Waals surface area (Å²) >= 11 is 0. The molecule has 0 radical (unpaired) electrons. The topological polar surface area (TPSA) is 50.8 Å². The summed E-state index contributed by atoms with van der Waals surface area (Å²) in [6.45, 7) is 2.60. The number of nitrogens with zero attached hydrogens (tertiary/aromatic N) is 3. The summed E-state index contributed by atoms with van der Waals surface area (Å²) < 4.78 is 7.10. The minimum Gasteiger partial charge on any atom is -0.496 e. The van der Waals surface area contributed by atoms with Gasteiger partial charge in [0.25, 0.3) is 0 Å². The third-order valence-electron chi connectivity index (χ3n) is 2.50. The third-order valence-corrected chi connectivity index (χ3v) is 2.50. The number of benzene rings is 1. The van der Waals surface area contributed by atoms with Gasteiger partial charge in [0, 0.05) is 11.8 Å². The van der Waals surface area contributed by atoms with Gasteiger partial charge in [-0.1, -0.05) is 0 Å². The van der Waals surface area contributed by atoms with Gasteiger partial charge in [0.05, 0.1) is 31.5 Å². The number of aryl methyl sites for hydroxylation is 1. The molecule has 1 heterocycles. The second kappa shape index (κ2) is 4.71. The molecule has 0 fully saturated rings. The van der Waals surface area contributed by atoms with E-state index in [1.807, 2.05) is 29.9 Å². The summed E-state index contributed by atoms with van der Waals surface area (Å²) in [4.78, 5) is 0. The number of hydrogen-bond acceptors (Lipinski definition) is 3. The molecule has 0 saturated carbocycles. The molecular weight excluding hydrogens is 214 g/mol. The van der Waals surface area contributed by atoms with Gasteiger partial charge in [0.2, 0.25) is 0 Å². The second-order valence-electron chi connectivity index (χ2n) is 3.85. The summed E-state index contributed by atoms with van der Waals surface area (Å²) in [5.41, 5.74) is 2.69. The van der Waals surface area contributed by atoms with E-state index in [9.17, 15) is 0 Å². The van der Waals surface area contributed by atoms with Crippen molar-refractivity contribution in [2.24, 2.45) is 0 Å². The fraction of sp³-hybridized carbons (Fsp3) is 0.231. The maximum Gasteiger partial charge on any atom is 0.124 e. The van der Waals surface area contributed by atoms with Gasteiger partial charge in [-0.25, -0.2) is 0 Å². The Morgan fingerprint density at radius 2 is 2.29 bits per heavy atom. The van der Waals surface area contributed by atoms with Crippen LogP contribution in [-0.4, -0.2) is 16.9 Å². The monoisotopic (exact) mass is 227 g/mol. The molecule has 0 atom stereocenters. The van der Waals surface area contributed by atoms with Crippen molar-refractivity contribution in [2.45, 2.75) is 13.5 Å². The van der Waals surface area contributed by atoms with E-state index in [1.54, 1.807) is 19.4 Å². The molecule has 2 aromatic rings. The van der Waals surface area contributed by atoms with Gasteiger partial charge in [-0.15, -0.1) is 0 Å². The summed E-state index contributed by atoms with van der Waals surface area (Å²) in [5.74, 6) is 0.775. The minimum atomic E-state index is 0.604. The van der Waals surface area contributed by atoms with Gasteiger partial charge in [0.1, 0.15) is 5.75 Å². The lowest BCUT2D eigenvalue weighted by molar-refractivity contribution is 0.407. The first-order valence-corrected chi connectivity index (χ1v) is 5.29. The van der Waals surface area contributed by atoms with Crippen LogP contribution < -0.4 is 4.74 Å². The van der Waals surface area contributed by atoms with E-state index < -0.39 is 0 Å². The van der Waals surface area contributed by atoms with Crippen LogP contribution in [0.25, 0.3) is 0 Å². The molecule has 0 bridgehead atoms. The second-order valence-corrected chi connectivity index (χ2v) is 3.85. The quantitative estimate of drug-likeness (QED) is 0.807. The number of methoxy groups -OCH3 is 1. The lowest BCUT2D eigenvalue weighted by Gasteiger charge is -2.08. The van der Waals surface area contributed by atoms with Crippen LogP contribution in [0.1, 0.15) is 16.7 Å². The van der Waals surface area contributed by atoms with Crippen molar-refractivity contribution < 1.29 is 4.74 Å². The third kappa shape index (κ3) is 2.45. The van der Waals surface area contributed by atoms with Crippen molar-refractivity contribution >= 4 is 0 Å². The summed E-state index contributed by atoms with van der Waals surface area (Å²) in [7, 11) is 1.62. The molecule has 86 valence electrons. The Morgan fingerprint density at radius 3 is 2.88 bits per heavy atom. The van der Waals surface area contributed by atoms with Gasteiger partial charge >= 0.3 is 0 Å². The summed E-state index contributed by atoms with van der Waals surface area (Å²) in [6.07, 6.45) is 3.76. The van der Waals surface area contributed by atoms with Crippen molar-refractivity contribution in [3.05, 3.63) is 47.3 Å². The maximum atomic E-state index is 8.88. The molecule has 1 aromatic heterocycles. The van der Waals surface area contributed by atoms with Gasteiger partial charge < -0.3 is 4.74 Å². The van der Waals surface area contributed by atoms with E-state index in [1.165, 1.54) is 0 Å². The van der Waals surface area contributed by atoms with Crippen LogP contribution in [0.4, 0.5) is 0 Å². The van der Waals surface area contributed by atoms with Crippen LogP contribution in [0.2, 0.25) is 0 Å². The summed E-state index contributed by atoms with van der Waals surface area (Å²) in [6, 6.07) is 7.51. The molecule has 0 spiro atoms. The van der Waals surface area contributed by atoms with E-state index in [4.69, 9.17) is 10.00 Å². The molecule has 17 heavy (non-hydrogen) atoms. The van der Waals surface area contributed by atoms with Gasteiger partial charge in [-0.2, -0.15) is 10.4 Å². The highest BCUT2D eigenvalue weighted by atomic mass is 16.5. The van der Waals surface area contributed by atoms with Crippen LogP contribution >= 0.6 is 0 Å². The highest BCUT2D eigenvalue weighted by Crippen LogP contribution is 2.20. The van der Waals surface area contributed by atoms with Gasteiger partial charge in [0.15, 0.2) is 0 Å². The van der Waals surface area contributed by atoms with E-state index >= 15 is 0 Å². The smallest absolute Gasteiger partial charge is 0.124 e. The number of aromatic nitrogens is 2. The van der Waals surface area contributed by atoms with Crippen molar-refractivity contribution in [1.82, 2.24) is 9.78 Å². The van der Waals surface area contributed by atoms with Crippen molar-refractivity contribution in [1.29, 1.82) is 5.26 Å². The van der Waals surface area contributed by atoms with Crippen LogP contribution in [0.3, 0.4) is 0 Å². The molecule has 0 amide bonds. The molecule has 4 nitrogen and oxygen atoms in total. The Labute approximate surface area is 100 Å². The van der Waals surface area contributed by atoms with Gasteiger partial charge in [-0.3, -0.25) is 4.68 Å². The average Bonchev–Trinajstić information content (AvgIpc) is 2.74. The van der Waals surface area contributed by atoms with Crippen LogP contribution in [0, 0.1) is 18.3 Å². The molecule has 0 N–H and O–H groups in total. The largest absolute Gasteiger partial charge is 0.496 e. The zero-order chi connectivity index (χ0) is 12.3. The molecule has 4 heteroatoms. The van der Waals surface area contributed by atoms with Gasteiger partial charge in [-0.05, 0) is 30.7 Å². The standard InChI is InChI=1S/C13H13N3O/c1-10-7-15-16(8-10)9-12-5-11(6-14)3-4-13(12)17-2/h3-5,7-8H,9H2,1-2H3. The highest BCUT2D eigenvalue weighted by molar-refractivity contribution is 5.42. The van der Waals surface area contributed by atoms with Crippen molar-refractivity contribution in [2.75, 3.05) is 7.11 Å². The normalized spacial score (nSPS) is 9.94. The Bertz CT molecular complexity index is 566. The number of hydrogen-bond donors (Lipinski definition) is 0. The zero-order valence-corrected chi connectivity index (χ0v) is 9.84. The minimum absolute atomic E-state index is 0.604. The Balaban J connectivity index is 2.33. The number of rotatable bonds is 3. The molecule has 0 unspecified atom stereocenters. The maximum absolute atomic E-state index is 8.88. The lowest BCUT2D eigenvalue weighted by atomic mass is 10.1. The molecule has 1 aromatic carbocycles. The number of nitriles is 1. The first kappa shape index (κ1) is 11.2. The Kier molecular flexibility index (Phi) is 3.10. The lowest BCUT2D eigenvalue weighted by Crippen LogP contribution is -2.02. The first-order chi connectivity index (χ1) is 8.22. The SMILES string of the molecule is COc1ccc(C#N)cc1Cn1cc(C)cn1. The van der Waals surface area contributed by atoms with Crippen molar-refractivity contribution in [3.63, 3.8) is 0 Å². The predicted molar refractivity (Wildman–Crippen MR) is 63.8 cm³/mol. The molecule has 0 aliphatic rings. The van der Waals surface area contributed by atoms with Crippen LogP contribution in [-0.2, 0) is 6.54 Å². The summed E-state index contributed by atoms with van der Waals surface area (Å²) in [5, 5.41) is 13.1. The predicted octanol–water partition coefficient (Wildman–Crippen LogP) is 2.12. The van der Waals surface area contributed by atoms with Crippen molar-refractivity contribution in [3.8, 4) is 11.8 Å². The Hall–Kier alpha value is -2.28. The molecule has 0 aliphatic heterocycles. The fourth-order valence-electron chi connectivity index (χ4n) is 1.70. The number of ether oxygens (including phenoxy) is 1. The molecular formula is C13H13N3O. The van der Waals surface area contributed by atoms with Crippen LogP contribution in [0.5, 0.6) is 5.75 Å². The molecule has 0 saturated heterocycles. The van der Waals surface area contributed by atoms with E-state index in [0.717, 1.165) is 16.9 Å². The van der Waals surface area contributed by atoms with E-state index in [2.05, 4.69) is 11.2 Å². The zero-order valence-electron chi connectivity index (χ0n) is 9.84. The molecule has 2 rings (SSSR count).